The van der Waals surface area contributed by atoms with E-state index in [-0.39, 0.29) is 5.35 Å². The molecule has 4 heterocycles. The lowest BCUT2D eigenvalue weighted by Crippen LogP contribution is -1.95. The SMILES string of the molecule is Cc1ccnc(Oc2ccc(-c3c(-c4ccc(-c5cnc(Cl)o5)cc4)n(C)c4ncnc(N)c34)cc2)n1. The van der Waals surface area contributed by atoms with Crippen molar-refractivity contribution in [3.63, 3.8) is 0 Å². The number of halogens is 1. The Hall–Kier alpha value is -4.76. The van der Waals surface area contributed by atoms with Gasteiger partial charge in [0.2, 0.25) is 0 Å². The summed E-state index contributed by atoms with van der Waals surface area (Å²) in [6.07, 6.45) is 4.74. The fourth-order valence-electron chi connectivity index (χ4n) is 4.34. The maximum absolute atomic E-state index is 6.37. The molecule has 6 aromatic rings. The molecule has 37 heavy (non-hydrogen) atoms. The molecule has 0 atom stereocenters. The molecule has 0 fully saturated rings. The number of hydrogen-bond acceptors (Lipinski definition) is 8. The van der Waals surface area contributed by atoms with E-state index in [2.05, 4.69) is 24.9 Å². The van der Waals surface area contributed by atoms with Crippen LogP contribution in [-0.2, 0) is 7.05 Å². The molecule has 9 nitrogen and oxygen atoms in total. The van der Waals surface area contributed by atoms with Gasteiger partial charge in [-0.15, -0.1) is 0 Å². The number of aromatic nitrogens is 6. The Labute approximate surface area is 216 Å². The van der Waals surface area contributed by atoms with Gasteiger partial charge in [-0.25, -0.2) is 24.9 Å². The minimum Gasteiger partial charge on any atom is -0.428 e. The van der Waals surface area contributed by atoms with Crippen LogP contribution in [0.1, 0.15) is 5.69 Å². The van der Waals surface area contributed by atoms with E-state index in [1.807, 2.05) is 73.1 Å². The van der Waals surface area contributed by atoms with Gasteiger partial charge in [0.1, 0.15) is 23.5 Å². The van der Waals surface area contributed by atoms with Crippen LogP contribution in [0.3, 0.4) is 0 Å². The maximum atomic E-state index is 6.37. The molecule has 0 aliphatic heterocycles. The van der Waals surface area contributed by atoms with Gasteiger partial charge in [0, 0.05) is 30.1 Å². The molecule has 0 spiro atoms. The van der Waals surface area contributed by atoms with E-state index in [9.17, 15) is 0 Å². The summed E-state index contributed by atoms with van der Waals surface area (Å²) in [5, 5.41) is 0.882. The Balaban J connectivity index is 1.45. The first-order valence-corrected chi connectivity index (χ1v) is 11.7. The number of anilines is 1. The fraction of sp³-hybridized carbons (Fsp3) is 0.0741. The molecule has 0 saturated carbocycles. The molecule has 0 unspecified atom stereocenters. The number of hydrogen-bond donors (Lipinski definition) is 1. The summed E-state index contributed by atoms with van der Waals surface area (Å²) in [7, 11) is 1.96. The second kappa shape index (κ2) is 9.03. The second-order valence-corrected chi connectivity index (χ2v) is 8.73. The van der Waals surface area contributed by atoms with Crippen LogP contribution in [0.15, 0.2) is 77.7 Å². The molecule has 10 heteroatoms. The van der Waals surface area contributed by atoms with Crippen molar-refractivity contribution in [2.75, 3.05) is 5.73 Å². The lowest BCUT2D eigenvalue weighted by Gasteiger charge is -2.10. The Kier molecular flexibility index (Phi) is 5.54. The molecular formula is C27H20ClN7O2. The number of nitrogens with two attached hydrogens (primary N) is 1. The Morgan fingerprint density at radius 2 is 1.62 bits per heavy atom. The van der Waals surface area contributed by atoms with Crippen molar-refractivity contribution < 1.29 is 9.15 Å². The molecule has 0 aliphatic rings. The molecule has 0 radical (unpaired) electrons. The van der Waals surface area contributed by atoms with Crippen molar-refractivity contribution in [2.45, 2.75) is 6.92 Å². The third kappa shape index (κ3) is 4.15. The van der Waals surface area contributed by atoms with Crippen molar-refractivity contribution in [3.8, 4) is 45.5 Å². The van der Waals surface area contributed by atoms with E-state index in [1.54, 1.807) is 12.4 Å². The van der Waals surface area contributed by atoms with Gasteiger partial charge in [-0.2, -0.15) is 0 Å². The highest BCUT2D eigenvalue weighted by atomic mass is 35.5. The van der Waals surface area contributed by atoms with Crippen molar-refractivity contribution in [1.29, 1.82) is 0 Å². The fourth-order valence-corrected chi connectivity index (χ4v) is 4.48. The van der Waals surface area contributed by atoms with Crippen LogP contribution in [0.25, 0.3) is 44.7 Å². The molecule has 0 saturated heterocycles. The second-order valence-electron chi connectivity index (χ2n) is 8.40. The van der Waals surface area contributed by atoms with E-state index in [0.29, 0.717) is 23.3 Å². The largest absolute Gasteiger partial charge is 0.428 e. The highest BCUT2D eigenvalue weighted by Crippen LogP contribution is 2.42. The lowest BCUT2D eigenvalue weighted by molar-refractivity contribution is 0.440. The van der Waals surface area contributed by atoms with Crippen molar-refractivity contribution in [3.05, 3.63) is 84.4 Å². The summed E-state index contributed by atoms with van der Waals surface area (Å²) in [4.78, 5) is 21.2. The van der Waals surface area contributed by atoms with Gasteiger partial charge in [0.25, 0.3) is 5.35 Å². The highest BCUT2D eigenvalue weighted by molar-refractivity contribution is 6.27. The van der Waals surface area contributed by atoms with Gasteiger partial charge in [-0.05, 0) is 47.9 Å². The number of nitrogens with zero attached hydrogens (tertiary/aromatic N) is 6. The molecule has 0 amide bonds. The first kappa shape index (κ1) is 22.7. The van der Waals surface area contributed by atoms with Gasteiger partial charge >= 0.3 is 6.01 Å². The zero-order valence-electron chi connectivity index (χ0n) is 19.9. The highest BCUT2D eigenvalue weighted by Gasteiger charge is 2.22. The Bertz CT molecular complexity index is 1740. The molecule has 0 bridgehead atoms. The van der Waals surface area contributed by atoms with Crippen molar-refractivity contribution in [2.24, 2.45) is 7.05 Å². The van der Waals surface area contributed by atoms with Crippen LogP contribution < -0.4 is 10.5 Å². The molecule has 2 aromatic carbocycles. The van der Waals surface area contributed by atoms with E-state index >= 15 is 0 Å². The molecule has 2 N–H and O–H groups in total. The summed E-state index contributed by atoms with van der Waals surface area (Å²) in [6.45, 7) is 1.89. The predicted octanol–water partition coefficient (Wildman–Crippen LogP) is 6.08. The van der Waals surface area contributed by atoms with Crippen molar-refractivity contribution >= 4 is 28.5 Å². The first-order chi connectivity index (χ1) is 18.0. The van der Waals surface area contributed by atoms with Gasteiger partial charge in [0.15, 0.2) is 5.76 Å². The van der Waals surface area contributed by atoms with E-state index < -0.39 is 0 Å². The van der Waals surface area contributed by atoms with Gasteiger partial charge in [-0.3, -0.25) is 0 Å². The standard InChI is InChI=1S/C27H20ClN7O2/c1-15-11-12-30-27(34-15)36-19-9-7-17(8-10-19)21-22-24(29)32-14-33-25(22)35(2)23(21)18-5-3-16(4-6-18)20-13-31-26(28)37-20/h3-14H,1-2H3,(H2,29,32,33). The van der Waals surface area contributed by atoms with Gasteiger partial charge < -0.3 is 19.5 Å². The van der Waals surface area contributed by atoms with Crippen molar-refractivity contribution in [1.82, 2.24) is 29.5 Å². The topological polar surface area (TPSA) is 118 Å². The minimum absolute atomic E-state index is 0.102. The number of rotatable bonds is 5. The smallest absolute Gasteiger partial charge is 0.322 e. The number of aryl methyl sites for hydroxylation is 2. The zero-order valence-corrected chi connectivity index (χ0v) is 20.6. The van der Waals surface area contributed by atoms with Crippen LogP contribution >= 0.6 is 11.6 Å². The van der Waals surface area contributed by atoms with E-state index in [1.165, 1.54) is 6.33 Å². The normalized spacial score (nSPS) is 11.2. The van der Waals surface area contributed by atoms with E-state index in [0.717, 1.165) is 44.7 Å². The average Bonchev–Trinajstić information content (AvgIpc) is 3.46. The Morgan fingerprint density at radius 3 is 2.32 bits per heavy atom. The number of nitrogen functional groups attached to an aromatic ring is 1. The van der Waals surface area contributed by atoms with Crippen LogP contribution in [0.2, 0.25) is 5.35 Å². The van der Waals surface area contributed by atoms with Crippen LogP contribution in [-0.4, -0.2) is 29.5 Å². The first-order valence-electron chi connectivity index (χ1n) is 11.4. The zero-order chi connectivity index (χ0) is 25.5. The average molecular weight is 510 g/mol. The minimum atomic E-state index is 0.102. The Morgan fingerprint density at radius 1 is 0.892 bits per heavy atom. The number of ether oxygens (including phenoxy) is 1. The number of oxazole rings is 1. The van der Waals surface area contributed by atoms with Crippen LogP contribution in [0.4, 0.5) is 5.82 Å². The van der Waals surface area contributed by atoms with Crippen LogP contribution in [0, 0.1) is 6.92 Å². The maximum Gasteiger partial charge on any atom is 0.322 e. The summed E-state index contributed by atoms with van der Waals surface area (Å²) >= 11 is 5.85. The summed E-state index contributed by atoms with van der Waals surface area (Å²) in [5.41, 5.74) is 12.6. The number of benzene rings is 2. The van der Waals surface area contributed by atoms with E-state index in [4.69, 9.17) is 26.5 Å². The summed E-state index contributed by atoms with van der Waals surface area (Å²) in [6, 6.07) is 17.8. The number of fused-ring (bicyclic) bond motifs is 1. The lowest BCUT2D eigenvalue weighted by atomic mass is 9.98. The predicted molar refractivity (Wildman–Crippen MR) is 141 cm³/mol. The third-order valence-corrected chi connectivity index (χ3v) is 6.22. The summed E-state index contributed by atoms with van der Waals surface area (Å²) in [5.74, 6) is 1.62. The van der Waals surface area contributed by atoms with Gasteiger partial charge in [-0.1, -0.05) is 36.4 Å². The quantitative estimate of drug-likeness (QED) is 0.297. The molecular weight excluding hydrogens is 490 g/mol. The summed E-state index contributed by atoms with van der Waals surface area (Å²) < 4.78 is 13.3. The molecule has 6 rings (SSSR count). The monoisotopic (exact) mass is 509 g/mol. The molecule has 0 aliphatic carbocycles. The van der Waals surface area contributed by atoms with Crippen LogP contribution in [0.5, 0.6) is 11.8 Å². The van der Waals surface area contributed by atoms with Gasteiger partial charge in [0.05, 0.1) is 17.3 Å². The molecule has 182 valence electrons. The third-order valence-electron chi connectivity index (χ3n) is 6.04. The molecule has 4 aromatic heterocycles.